The molecule has 86 valence electrons. The first-order chi connectivity index (χ1) is 7.14. The van der Waals surface area contributed by atoms with Crippen LogP contribution in [0.15, 0.2) is 0 Å². The van der Waals surface area contributed by atoms with Gasteiger partial charge in [-0.25, -0.2) is 0 Å². The largest absolute Gasteiger partial charge is 0.298 e. The van der Waals surface area contributed by atoms with E-state index in [2.05, 4.69) is 18.7 Å². The summed E-state index contributed by atoms with van der Waals surface area (Å²) in [6.07, 6.45) is 6.81. The summed E-state index contributed by atoms with van der Waals surface area (Å²) in [7, 11) is 0. The quantitative estimate of drug-likeness (QED) is 0.697. The Hall–Kier alpha value is -0.370. The third-order valence-electron chi connectivity index (χ3n) is 4.40. The number of Topliss-reactive ketones (excluding diaryl/α,β-unsaturated/α-hetero) is 1. The number of nitrogens with zero attached hydrogens (tertiary/aromatic N) is 1. The standard InChI is InChI=1S/C13H23NO/c1-3-13(2)8-9-14(10-13)11-6-4-5-7-12(11)15/h11H,3-10H2,1-2H3. The summed E-state index contributed by atoms with van der Waals surface area (Å²) in [6.45, 7) is 6.91. The van der Waals surface area contributed by atoms with Crippen molar-refractivity contribution in [2.75, 3.05) is 13.1 Å². The molecular formula is C13H23NO. The second kappa shape index (κ2) is 4.25. The minimum Gasteiger partial charge on any atom is -0.298 e. The molecule has 0 amide bonds. The Kier molecular flexibility index (Phi) is 3.15. The Bertz CT molecular complexity index is 251. The van der Waals surface area contributed by atoms with Crippen molar-refractivity contribution in [2.24, 2.45) is 5.41 Å². The van der Waals surface area contributed by atoms with Gasteiger partial charge in [0, 0.05) is 13.0 Å². The van der Waals surface area contributed by atoms with Gasteiger partial charge in [-0.3, -0.25) is 9.69 Å². The molecule has 1 saturated heterocycles. The van der Waals surface area contributed by atoms with Crippen LogP contribution in [0.2, 0.25) is 0 Å². The molecule has 15 heavy (non-hydrogen) atoms. The van der Waals surface area contributed by atoms with Crippen LogP contribution in [0.1, 0.15) is 52.4 Å². The fraction of sp³-hybridized carbons (Fsp3) is 0.923. The highest BCUT2D eigenvalue weighted by atomic mass is 16.1. The lowest BCUT2D eigenvalue weighted by molar-refractivity contribution is -0.125. The summed E-state index contributed by atoms with van der Waals surface area (Å²) >= 11 is 0. The van der Waals surface area contributed by atoms with Crippen LogP contribution < -0.4 is 0 Å². The van der Waals surface area contributed by atoms with Gasteiger partial charge in [0.2, 0.25) is 0 Å². The smallest absolute Gasteiger partial charge is 0.149 e. The van der Waals surface area contributed by atoms with Crippen molar-refractivity contribution < 1.29 is 4.79 Å². The van der Waals surface area contributed by atoms with Crippen LogP contribution in [0, 0.1) is 5.41 Å². The molecule has 2 aliphatic rings. The molecule has 2 heteroatoms. The van der Waals surface area contributed by atoms with Gasteiger partial charge in [-0.05, 0) is 37.6 Å². The molecule has 1 aliphatic heterocycles. The minimum atomic E-state index is 0.270. The zero-order chi connectivity index (χ0) is 10.9. The van der Waals surface area contributed by atoms with Crippen LogP contribution in [0.4, 0.5) is 0 Å². The Balaban J connectivity index is 1.97. The average Bonchev–Trinajstić information content (AvgIpc) is 2.63. The predicted octanol–water partition coefficient (Wildman–Crippen LogP) is 2.62. The van der Waals surface area contributed by atoms with Crippen molar-refractivity contribution in [3.05, 3.63) is 0 Å². The maximum Gasteiger partial charge on any atom is 0.149 e. The van der Waals surface area contributed by atoms with E-state index in [9.17, 15) is 4.79 Å². The maximum atomic E-state index is 11.8. The van der Waals surface area contributed by atoms with Crippen LogP contribution in [0.5, 0.6) is 0 Å². The number of carbonyl (C=O) groups is 1. The number of hydrogen-bond acceptors (Lipinski definition) is 2. The summed E-state index contributed by atoms with van der Waals surface area (Å²) in [5.41, 5.74) is 0.470. The fourth-order valence-electron chi connectivity index (χ4n) is 2.97. The Morgan fingerprint density at radius 3 is 2.87 bits per heavy atom. The lowest BCUT2D eigenvalue weighted by atomic mass is 9.87. The zero-order valence-corrected chi connectivity index (χ0v) is 10.1. The van der Waals surface area contributed by atoms with E-state index in [0.29, 0.717) is 11.2 Å². The van der Waals surface area contributed by atoms with E-state index in [-0.39, 0.29) is 6.04 Å². The van der Waals surface area contributed by atoms with E-state index in [1.807, 2.05) is 0 Å². The maximum absolute atomic E-state index is 11.8. The van der Waals surface area contributed by atoms with E-state index in [4.69, 9.17) is 0 Å². The van der Waals surface area contributed by atoms with Gasteiger partial charge in [0.25, 0.3) is 0 Å². The van der Waals surface area contributed by atoms with Gasteiger partial charge in [-0.1, -0.05) is 20.3 Å². The Morgan fingerprint density at radius 2 is 2.27 bits per heavy atom. The average molecular weight is 209 g/mol. The number of likely N-dealkylation sites (tertiary alicyclic amines) is 1. The molecule has 1 saturated carbocycles. The number of hydrogen-bond donors (Lipinski definition) is 0. The van der Waals surface area contributed by atoms with Crippen molar-refractivity contribution in [3.63, 3.8) is 0 Å². The van der Waals surface area contributed by atoms with E-state index >= 15 is 0 Å². The SMILES string of the molecule is CCC1(C)CCN(C2CCCCC2=O)C1. The molecule has 0 spiro atoms. The van der Waals surface area contributed by atoms with Crippen molar-refractivity contribution >= 4 is 5.78 Å². The molecule has 1 heterocycles. The van der Waals surface area contributed by atoms with Gasteiger partial charge in [-0.15, -0.1) is 0 Å². The molecule has 2 atom stereocenters. The Morgan fingerprint density at radius 1 is 1.47 bits per heavy atom. The van der Waals surface area contributed by atoms with Gasteiger partial charge in [0.15, 0.2) is 0 Å². The highest BCUT2D eigenvalue weighted by Gasteiger charge is 2.38. The summed E-state index contributed by atoms with van der Waals surface area (Å²) in [5.74, 6) is 0.501. The van der Waals surface area contributed by atoms with Gasteiger partial charge in [0.05, 0.1) is 6.04 Å². The Labute approximate surface area is 93.0 Å². The summed E-state index contributed by atoms with van der Waals surface area (Å²) in [6, 6.07) is 0.270. The molecular weight excluding hydrogens is 186 g/mol. The predicted molar refractivity (Wildman–Crippen MR) is 61.9 cm³/mol. The zero-order valence-electron chi connectivity index (χ0n) is 10.1. The highest BCUT2D eigenvalue weighted by Crippen LogP contribution is 2.35. The third kappa shape index (κ3) is 2.25. The molecule has 0 radical (unpaired) electrons. The van der Waals surface area contributed by atoms with E-state index < -0.39 is 0 Å². The lowest BCUT2D eigenvalue weighted by Crippen LogP contribution is -2.42. The molecule has 0 aromatic heterocycles. The van der Waals surface area contributed by atoms with Crippen molar-refractivity contribution in [1.82, 2.24) is 4.90 Å². The minimum absolute atomic E-state index is 0.270. The lowest BCUT2D eigenvalue weighted by Gasteiger charge is -2.31. The van der Waals surface area contributed by atoms with Gasteiger partial charge in [-0.2, -0.15) is 0 Å². The second-order valence-corrected chi connectivity index (χ2v) is 5.61. The first-order valence-electron chi connectivity index (χ1n) is 6.41. The van der Waals surface area contributed by atoms with E-state index in [0.717, 1.165) is 32.4 Å². The summed E-state index contributed by atoms with van der Waals surface area (Å²) < 4.78 is 0. The third-order valence-corrected chi connectivity index (χ3v) is 4.40. The van der Waals surface area contributed by atoms with E-state index in [1.54, 1.807) is 0 Å². The molecule has 0 bridgehead atoms. The van der Waals surface area contributed by atoms with Crippen molar-refractivity contribution in [1.29, 1.82) is 0 Å². The molecule has 0 aromatic carbocycles. The topological polar surface area (TPSA) is 20.3 Å². The molecule has 1 aliphatic carbocycles. The molecule has 0 aromatic rings. The number of ketones is 1. The van der Waals surface area contributed by atoms with Crippen LogP contribution >= 0.6 is 0 Å². The van der Waals surface area contributed by atoms with Crippen LogP contribution in [-0.2, 0) is 4.79 Å². The molecule has 2 rings (SSSR count). The van der Waals surface area contributed by atoms with Gasteiger partial charge in [0.1, 0.15) is 5.78 Å². The fourth-order valence-corrected chi connectivity index (χ4v) is 2.97. The van der Waals surface area contributed by atoms with Gasteiger partial charge < -0.3 is 0 Å². The summed E-state index contributed by atoms with van der Waals surface area (Å²) in [4.78, 5) is 14.3. The van der Waals surface area contributed by atoms with E-state index in [1.165, 1.54) is 19.3 Å². The monoisotopic (exact) mass is 209 g/mol. The molecule has 2 unspecified atom stereocenters. The number of carbonyl (C=O) groups excluding carboxylic acids is 1. The highest BCUT2D eigenvalue weighted by molar-refractivity contribution is 5.84. The molecule has 0 N–H and O–H groups in total. The van der Waals surface area contributed by atoms with Gasteiger partial charge >= 0.3 is 0 Å². The van der Waals surface area contributed by atoms with Crippen molar-refractivity contribution in [3.8, 4) is 0 Å². The van der Waals surface area contributed by atoms with Crippen molar-refractivity contribution in [2.45, 2.75) is 58.4 Å². The first-order valence-corrected chi connectivity index (χ1v) is 6.41. The molecule has 2 fully saturated rings. The number of rotatable bonds is 2. The molecule has 2 nitrogen and oxygen atoms in total. The van der Waals surface area contributed by atoms with Crippen LogP contribution in [0.25, 0.3) is 0 Å². The van der Waals surface area contributed by atoms with Crippen LogP contribution in [-0.4, -0.2) is 29.8 Å². The first kappa shape index (κ1) is 11.1. The normalized spacial score (nSPS) is 38.5. The van der Waals surface area contributed by atoms with Crippen LogP contribution in [0.3, 0.4) is 0 Å². The second-order valence-electron chi connectivity index (χ2n) is 5.61. The summed E-state index contributed by atoms with van der Waals surface area (Å²) in [5, 5.41) is 0.